The highest BCUT2D eigenvalue weighted by Gasteiger charge is 2.12. The van der Waals surface area contributed by atoms with E-state index >= 15 is 0 Å². The second kappa shape index (κ2) is 4.28. The summed E-state index contributed by atoms with van der Waals surface area (Å²) < 4.78 is 0. The first-order valence-corrected chi connectivity index (χ1v) is 4.69. The van der Waals surface area contributed by atoms with Crippen LogP contribution in [0.3, 0.4) is 0 Å². The average molecular weight is 194 g/mol. The Morgan fingerprint density at radius 3 is 2.29 bits per heavy atom. The van der Waals surface area contributed by atoms with Gasteiger partial charge in [0.1, 0.15) is 0 Å². The monoisotopic (exact) mass is 194 g/mol. The van der Waals surface area contributed by atoms with Crippen LogP contribution in [0.25, 0.3) is 0 Å². The van der Waals surface area contributed by atoms with Crippen molar-refractivity contribution in [3.63, 3.8) is 0 Å². The SMILES string of the molecule is CC1=C(C)CC(N=C(N)NN)=C(C)C1. The molecule has 0 heterocycles. The van der Waals surface area contributed by atoms with Crippen molar-refractivity contribution in [2.75, 3.05) is 0 Å². The van der Waals surface area contributed by atoms with Gasteiger partial charge in [-0.1, -0.05) is 11.1 Å². The lowest BCUT2D eigenvalue weighted by Crippen LogP contribution is -2.37. The van der Waals surface area contributed by atoms with Gasteiger partial charge in [-0.3, -0.25) is 5.43 Å². The second-order valence-corrected chi connectivity index (χ2v) is 3.78. The summed E-state index contributed by atoms with van der Waals surface area (Å²) in [6, 6.07) is 0. The molecule has 0 atom stereocenters. The summed E-state index contributed by atoms with van der Waals surface area (Å²) >= 11 is 0. The van der Waals surface area contributed by atoms with Gasteiger partial charge in [-0.05, 0) is 32.8 Å². The van der Waals surface area contributed by atoms with Gasteiger partial charge in [0.05, 0.1) is 0 Å². The fourth-order valence-corrected chi connectivity index (χ4v) is 1.52. The molecule has 4 nitrogen and oxygen atoms in total. The Morgan fingerprint density at radius 2 is 1.71 bits per heavy atom. The van der Waals surface area contributed by atoms with Gasteiger partial charge in [0.25, 0.3) is 0 Å². The molecule has 0 bridgehead atoms. The van der Waals surface area contributed by atoms with Gasteiger partial charge in [0, 0.05) is 12.1 Å². The van der Waals surface area contributed by atoms with Gasteiger partial charge in [0.15, 0.2) is 0 Å². The normalized spacial score (nSPS) is 19.0. The van der Waals surface area contributed by atoms with Crippen LogP contribution in [-0.4, -0.2) is 5.96 Å². The Labute approximate surface area is 84.7 Å². The number of hydrazine groups is 1. The quantitative estimate of drug-likeness (QED) is 0.193. The van der Waals surface area contributed by atoms with Crippen molar-refractivity contribution >= 4 is 5.96 Å². The number of rotatable bonds is 1. The minimum atomic E-state index is 0.270. The Morgan fingerprint density at radius 1 is 1.14 bits per heavy atom. The number of nitrogens with one attached hydrogen (secondary N) is 1. The van der Waals surface area contributed by atoms with E-state index in [-0.39, 0.29) is 5.96 Å². The number of nitrogens with two attached hydrogens (primary N) is 2. The van der Waals surface area contributed by atoms with E-state index in [0.29, 0.717) is 0 Å². The van der Waals surface area contributed by atoms with E-state index in [0.717, 1.165) is 18.5 Å². The highest BCUT2D eigenvalue weighted by molar-refractivity contribution is 5.78. The van der Waals surface area contributed by atoms with Crippen molar-refractivity contribution in [1.29, 1.82) is 0 Å². The van der Waals surface area contributed by atoms with Crippen LogP contribution in [0.5, 0.6) is 0 Å². The largest absolute Gasteiger partial charge is 0.369 e. The Bertz CT molecular complexity index is 323. The summed E-state index contributed by atoms with van der Waals surface area (Å²) in [5.41, 5.74) is 13.0. The van der Waals surface area contributed by atoms with E-state index < -0.39 is 0 Å². The summed E-state index contributed by atoms with van der Waals surface area (Å²) in [6.45, 7) is 6.37. The molecule has 0 aliphatic heterocycles. The van der Waals surface area contributed by atoms with Gasteiger partial charge in [-0.2, -0.15) is 0 Å². The van der Waals surface area contributed by atoms with Crippen molar-refractivity contribution < 1.29 is 0 Å². The molecule has 0 aromatic rings. The molecule has 0 saturated heterocycles. The number of hydrogen-bond donors (Lipinski definition) is 3. The van der Waals surface area contributed by atoms with Gasteiger partial charge >= 0.3 is 0 Å². The van der Waals surface area contributed by atoms with Crippen LogP contribution in [0.1, 0.15) is 33.6 Å². The zero-order chi connectivity index (χ0) is 10.7. The number of allylic oxidation sites excluding steroid dienone is 3. The molecule has 0 saturated carbocycles. The Hall–Kier alpha value is -1.29. The molecule has 0 spiro atoms. The van der Waals surface area contributed by atoms with E-state index in [2.05, 4.69) is 31.2 Å². The molecule has 0 radical (unpaired) electrons. The van der Waals surface area contributed by atoms with Gasteiger partial charge < -0.3 is 5.73 Å². The molecule has 78 valence electrons. The molecule has 1 rings (SSSR count). The summed E-state index contributed by atoms with van der Waals surface area (Å²) in [5.74, 6) is 5.43. The molecule has 14 heavy (non-hydrogen) atoms. The molecule has 0 unspecified atom stereocenters. The summed E-state index contributed by atoms with van der Waals surface area (Å²) in [6.07, 6.45) is 1.86. The van der Waals surface area contributed by atoms with Crippen LogP contribution in [0.4, 0.5) is 0 Å². The maximum Gasteiger partial charge on any atom is 0.207 e. The first-order chi connectivity index (χ1) is 6.54. The Kier molecular flexibility index (Phi) is 3.30. The Balaban J connectivity index is 2.86. The molecule has 1 aliphatic rings. The third-order valence-corrected chi connectivity index (χ3v) is 2.59. The van der Waals surface area contributed by atoms with Crippen LogP contribution in [0, 0.1) is 0 Å². The van der Waals surface area contributed by atoms with Gasteiger partial charge in [0.2, 0.25) is 5.96 Å². The number of nitrogens with zero attached hydrogens (tertiary/aromatic N) is 1. The lowest BCUT2D eigenvalue weighted by molar-refractivity contribution is 0.892. The fourth-order valence-electron chi connectivity index (χ4n) is 1.52. The van der Waals surface area contributed by atoms with Crippen LogP contribution < -0.4 is 17.0 Å². The third-order valence-electron chi connectivity index (χ3n) is 2.59. The average Bonchev–Trinajstić information content (AvgIpc) is 2.14. The number of hydrogen-bond acceptors (Lipinski definition) is 2. The first kappa shape index (κ1) is 10.8. The molecular formula is C10H18N4. The standard InChI is InChI=1S/C10H18N4/c1-6-4-8(3)9(5-7(6)2)13-10(11)14-12/h4-5,12H2,1-3H3,(H3,11,13,14). The maximum absolute atomic E-state index is 5.51. The fraction of sp³-hybridized carbons (Fsp3) is 0.500. The lowest BCUT2D eigenvalue weighted by atomic mass is 9.92. The van der Waals surface area contributed by atoms with Crippen LogP contribution >= 0.6 is 0 Å². The third kappa shape index (κ3) is 2.35. The van der Waals surface area contributed by atoms with Crippen LogP contribution in [-0.2, 0) is 0 Å². The summed E-state index contributed by atoms with van der Waals surface area (Å²) in [4.78, 5) is 4.22. The van der Waals surface area contributed by atoms with E-state index in [9.17, 15) is 0 Å². The second-order valence-electron chi connectivity index (χ2n) is 3.78. The minimum absolute atomic E-state index is 0.270. The minimum Gasteiger partial charge on any atom is -0.369 e. The molecule has 0 fully saturated rings. The molecule has 0 amide bonds. The van der Waals surface area contributed by atoms with E-state index in [1.54, 1.807) is 0 Å². The highest BCUT2D eigenvalue weighted by atomic mass is 15.3. The lowest BCUT2D eigenvalue weighted by Gasteiger charge is -2.18. The first-order valence-electron chi connectivity index (χ1n) is 4.69. The van der Waals surface area contributed by atoms with Crippen molar-refractivity contribution in [3.8, 4) is 0 Å². The summed E-state index contributed by atoms with van der Waals surface area (Å²) in [7, 11) is 0. The molecule has 5 N–H and O–H groups in total. The van der Waals surface area contributed by atoms with Crippen LogP contribution in [0.15, 0.2) is 27.4 Å². The van der Waals surface area contributed by atoms with Crippen molar-refractivity contribution in [1.82, 2.24) is 5.43 Å². The molecule has 0 aromatic carbocycles. The summed E-state index contributed by atoms with van der Waals surface area (Å²) in [5, 5.41) is 0. The molecular weight excluding hydrogens is 176 g/mol. The maximum atomic E-state index is 5.51. The topological polar surface area (TPSA) is 76.4 Å². The van der Waals surface area contributed by atoms with Gasteiger partial charge in [-0.15, -0.1) is 0 Å². The van der Waals surface area contributed by atoms with Crippen LogP contribution in [0.2, 0.25) is 0 Å². The number of aliphatic imine (C=N–C) groups is 1. The van der Waals surface area contributed by atoms with Crippen molar-refractivity contribution in [3.05, 3.63) is 22.4 Å². The van der Waals surface area contributed by atoms with E-state index in [1.165, 1.54) is 16.7 Å². The molecule has 0 aromatic heterocycles. The zero-order valence-corrected chi connectivity index (χ0v) is 9.02. The smallest absolute Gasteiger partial charge is 0.207 e. The zero-order valence-electron chi connectivity index (χ0n) is 9.02. The molecule has 1 aliphatic carbocycles. The highest BCUT2D eigenvalue weighted by Crippen LogP contribution is 2.29. The number of guanidine groups is 1. The predicted molar refractivity (Wildman–Crippen MR) is 59.3 cm³/mol. The molecule has 4 heteroatoms. The van der Waals surface area contributed by atoms with Crippen molar-refractivity contribution in [2.45, 2.75) is 33.6 Å². The predicted octanol–water partition coefficient (Wildman–Crippen LogP) is 1.17. The van der Waals surface area contributed by atoms with E-state index in [1.807, 2.05) is 0 Å². The van der Waals surface area contributed by atoms with E-state index in [4.69, 9.17) is 11.6 Å². The van der Waals surface area contributed by atoms with Gasteiger partial charge in [-0.25, -0.2) is 10.8 Å². The van der Waals surface area contributed by atoms with Crippen molar-refractivity contribution in [2.24, 2.45) is 16.6 Å².